The van der Waals surface area contributed by atoms with E-state index in [0.717, 1.165) is 16.7 Å². The van der Waals surface area contributed by atoms with E-state index in [2.05, 4.69) is 6.07 Å². The van der Waals surface area contributed by atoms with Crippen molar-refractivity contribution in [1.82, 2.24) is 0 Å². The van der Waals surface area contributed by atoms with Gasteiger partial charge in [-0.15, -0.1) is 5.56 Å². The van der Waals surface area contributed by atoms with Gasteiger partial charge in [0.05, 0.1) is 0 Å². The van der Waals surface area contributed by atoms with Crippen LogP contribution in [0.4, 0.5) is 0 Å². The van der Waals surface area contributed by atoms with Crippen molar-refractivity contribution >= 4 is 5.78 Å². The van der Waals surface area contributed by atoms with Crippen LogP contribution in [0.15, 0.2) is 12.1 Å². The minimum Gasteiger partial charge on any atom is -0.300 e. The largest absolute Gasteiger partial charge is 0.300 e. The number of carbonyl (C=O) groups is 1. The molecular weight excluding hydrogens is 237 g/mol. The quantitative estimate of drug-likeness (QED) is 0.735. The van der Waals surface area contributed by atoms with Crippen molar-refractivity contribution in [2.24, 2.45) is 0 Å². The first-order chi connectivity index (χ1) is 5.61. The Hall–Kier alpha value is -0.00610. The number of ketones is 1. The third-order valence-electron chi connectivity index (χ3n) is 1.98. The molecule has 1 radical (unpaired) electrons. The van der Waals surface area contributed by atoms with E-state index in [1.165, 1.54) is 0 Å². The van der Waals surface area contributed by atoms with Gasteiger partial charge in [-0.25, -0.2) is 0 Å². The monoisotopic (exact) mass is 250 g/mol. The van der Waals surface area contributed by atoms with Gasteiger partial charge >= 0.3 is 0 Å². The summed E-state index contributed by atoms with van der Waals surface area (Å²) >= 11 is 0. The summed E-state index contributed by atoms with van der Waals surface area (Å²) in [6.07, 6.45) is 0.548. The molecule has 0 heterocycles. The van der Waals surface area contributed by atoms with E-state index in [0.29, 0.717) is 6.42 Å². The Kier molecular flexibility index (Phi) is 5.66. The molecular formula is C11H13OY-. The molecule has 0 saturated carbocycles. The fourth-order valence-electron chi connectivity index (χ4n) is 1.30. The molecule has 1 rings (SSSR count). The zero-order valence-corrected chi connectivity index (χ0v) is 11.2. The Balaban J connectivity index is 0.00000144. The molecule has 67 valence electrons. The van der Waals surface area contributed by atoms with Crippen LogP contribution in [0, 0.1) is 19.9 Å². The van der Waals surface area contributed by atoms with Gasteiger partial charge in [0.2, 0.25) is 0 Å². The molecule has 0 bridgehead atoms. The van der Waals surface area contributed by atoms with Crippen LogP contribution in [0.3, 0.4) is 0 Å². The van der Waals surface area contributed by atoms with E-state index < -0.39 is 0 Å². The van der Waals surface area contributed by atoms with Crippen molar-refractivity contribution in [3.05, 3.63) is 34.9 Å². The van der Waals surface area contributed by atoms with Crippen LogP contribution in [0.1, 0.15) is 23.6 Å². The molecule has 0 aromatic heterocycles. The Morgan fingerprint density at radius 1 is 1.31 bits per heavy atom. The molecule has 0 spiro atoms. The second kappa shape index (κ2) is 5.67. The molecule has 2 heteroatoms. The standard InChI is InChI=1S/C11H13O.Y/c1-8-5-4-6-9(2)11(8)7-10(3)12;/h5-6H,7H2,1-3H3;/q-1;. The first-order valence-electron chi connectivity index (χ1n) is 4.07. The van der Waals surface area contributed by atoms with Crippen molar-refractivity contribution in [3.8, 4) is 0 Å². The first kappa shape index (κ1) is 13.0. The minimum atomic E-state index is 0. The number of hydrogen-bond acceptors (Lipinski definition) is 1. The molecule has 1 aromatic rings. The maximum atomic E-state index is 10.9. The molecule has 0 amide bonds. The van der Waals surface area contributed by atoms with Gasteiger partial charge in [-0.1, -0.05) is 13.8 Å². The summed E-state index contributed by atoms with van der Waals surface area (Å²) in [5.41, 5.74) is 3.47. The third kappa shape index (κ3) is 3.70. The fraction of sp³-hybridized carbons (Fsp3) is 0.364. The summed E-state index contributed by atoms with van der Waals surface area (Å²) in [6.45, 7) is 5.65. The Morgan fingerprint density at radius 3 is 2.15 bits per heavy atom. The SMILES string of the molecule is CC(=O)Cc1c(C)c[c-]cc1C.[Y]. The number of hydrogen-bond donors (Lipinski definition) is 0. The molecule has 0 N–H and O–H groups in total. The number of rotatable bonds is 2. The summed E-state index contributed by atoms with van der Waals surface area (Å²) in [5, 5.41) is 0. The van der Waals surface area contributed by atoms with Gasteiger partial charge in [-0.05, 0) is 6.92 Å². The van der Waals surface area contributed by atoms with Gasteiger partial charge in [0.1, 0.15) is 5.78 Å². The molecule has 0 aliphatic rings. The van der Waals surface area contributed by atoms with Crippen molar-refractivity contribution in [2.75, 3.05) is 0 Å². The Bertz CT molecular complexity index is 285. The van der Waals surface area contributed by atoms with Crippen LogP contribution in [0.5, 0.6) is 0 Å². The predicted molar refractivity (Wildman–Crippen MR) is 49.1 cm³/mol. The van der Waals surface area contributed by atoms with Gasteiger partial charge in [0.25, 0.3) is 0 Å². The van der Waals surface area contributed by atoms with Crippen molar-refractivity contribution in [3.63, 3.8) is 0 Å². The molecule has 0 aliphatic carbocycles. The van der Waals surface area contributed by atoms with E-state index in [1.807, 2.05) is 26.0 Å². The normalized spacial score (nSPS) is 9.15. The second-order valence-corrected chi connectivity index (χ2v) is 3.18. The molecule has 0 unspecified atom stereocenters. The molecule has 1 nitrogen and oxygen atoms in total. The molecule has 1 aromatic carbocycles. The number of Topliss-reactive ketones (excluding diaryl/α,β-unsaturated/α-hetero) is 1. The van der Waals surface area contributed by atoms with Crippen LogP contribution in [0.25, 0.3) is 0 Å². The fourth-order valence-corrected chi connectivity index (χ4v) is 1.30. The van der Waals surface area contributed by atoms with Crippen LogP contribution < -0.4 is 0 Å². The third-order valence-corrected chi connectivity index (χ3v) is 1.98. The molecule has 0 atom stereocenters. The summed E-state index contributed by atoms with van der Waals surface area (Å²) in [4.78, 5) is 10.9. The average molecular weight is 250 g/mol. The van der Waals surface area contributed by atoms with Crippen molar-refractivity contribution < 1.29 is 37.5 Å². The van der Waals surface area contributed by atoms with E-state index in [9.17, 15) is 4.79 Å². The maximum absolute atomic E-state index is 10.9. The van der Waals surface area contributed by atoms with Crippen LogP contribution >= 0.6 is 0 Å². The number of aryl methyl sites for hydroxylation is 2. The Morgan fingerprint density at radius 2 is 1.77 bits per heavy atom. The van der Waals surface area contributed by atoms with E-state index in [4.69, 9.17) is 0 Å². The van der Waals surface area contributed by atoms with Crippen LogP contribution in [-0.4, -0.2) is 5.78 Å². The van der Waals surface area contributed by atoms with Crippen LogP contribution in [-0.2, 0) is 43.9 Å². The first-order valence-corrected chi connectivity index (χ1v) is 4.07. The second-order valence-electron chi connectivity index (χ2n) is 3.18. The minimum absolute atomic E-state index is 0. The molecule has 0 saturated heterocycles. The van der Waals surface area contributed by atoms with Gasteiger partial charge in [0, 0.05) is 39.1 Å². The van der Waals surface area contributed by atoms with Gasteiger partial charge in [0.15, 0.2) is 0 Å². The van der Waals surface area contributed by atoms with Gasteiger partial charge in [-0.2, -0.15) is 29.3 Å². The van der Waals surface area contributed by atoms with Crippen molar-refractivity contribution in [2.45, 2.75) is 27.2 Å². The average Bonchev–Trinajstić information content (AvgIpc) is 1.97. The predicted octanol–water partition coefficient (Wildman–Crippen LogP) is 2.23. The summed E-state index contributed by atoms with van der Waals surface area (Å²) in [7, 11) is 0. The van der Waals surface area contributed by atoms with Gasteiger partial charge < -0.3 is 0 Å². The van der Waals surface area contributed by atoms with Gasteiger partial charge in [-0.3, -0.25) is 4.79 Å². The topological polar surface area (TPSA) is 17.1 Å². The van der Waals surface area contributed by atoms with E-state index in [1.54, 1.807) is 6.92 Å². The van der Waals surface area contributed by atoms with E-state index >= 15 is 0 Å². The zero-order valence-electron chi connectivity index (χ0n) is 8.35. The zero-order chi connectivity index (χ0) is 9.14. The van der Waals surface area contributed by atoms with E-state index in [-0.39, 0.29) is 38.5 Å². The van der Waals surface area contributed by atoms with Crippen LogP contribution in [0.2, 0.25) is 0 Å². The molecule has 0 fully saturated rings. The van der Waals surface area contributed by atoms with Crippen molar-refractivity contribution in [1.29, 1.82) is 0 Å². The Labute approximate surface area is 105 Å². The summed E-state index contributed by atoms with van der Waals surface area (Å²) in [5.74, 6) is 0.215. The molecule has 0 aliphatic heterocycles. The summed E-state index contributed by atoms with van der Waals surface area (Å²) in [6, 6.07) is 6.88. The smallest absolute Gasteiger partial charge is 0.132 e. The number of benzene rings is 1. The summed E-state index contributed by atoms with van der Waals surface area (Å²) < 4.78 is 0. The number of carbonyl (C=O) groups excluding carboxylic acids is 1. The maximum Gasteiger partial charge on any atom is 0.132 e. The molecule has 13 heavy (non-hydrogen) atoms.